The Kier molecular flexibility index (Phi) is 5.86. The Morgan fingerprint density at radius 1 is 1.31 bits per heavy atom. The van der Waals surface area contributed by atoms with Crippen LogP contribution in [0.1, 0.15) is 36.5 Å². The number of aryl methyl sites for hydroxylation is 2. The minimum atomic E-state index is 0.539. The predicted octanol–water partition coefficient (Wildman–Crippen LogP) is 3.80. The van der Waals surface area contributed by atoms with Crippen molar-refractivity contribution in [3.05, 3.63) is 34.9 Å². The lowest BCUT2D eigenvalue weighted by Gasteiger charge is -2.16. The largest absolute Gasteiger partial charge is 0.310 e. The smallest absolute Gasteiger partial charge is 0.0238 e. The van der Waals surface area contributed by atoms with Crippen molar-refractivity contribution in [1.29, 1.82) is 0 Å². The fourth-order valence-corrected chi connectivity index (χ4v) is 2.09. The van der Waals surface area contributed by atoms with Crippen LogP contribution < -0.4 is 5.32 Å². The van der Waals surface area contributed by atoms with Gasteiger partial charge in [-0.25, -0.2) is 0 Å². The summed E-state index contributed by atoms with van der Waals surface area (Å²) in [7, 11) is 0. The summed E-state index contributed by atoms with van der Waals surface area (Å²) in [6.07, 6.45) is 2.18. The minimum Gasteiger partial charge on any atom is -0.310 e. The van der Waals surface area contributed by atoms with E-state index in [0.717, 1.165) is 25.3 Å². The van der Waals surface area contributed by atoms with Crippen LogP contribution in [0.2, 0.25) is 0 Å². The summed E-state index contributed by atoms with van der Waals surface area (Å²) in [6, 6.07) is 7.15. The lowest BCUT2D eigenvalue weighted by Crippen LogP contribution is -2.28. The van der Waals surface area contributed by atoms with Gasteiger partial charge in [0.25, 0.3) is 0 Å². The van der Waals surface area contributed by atoms with Crippen LogP contribution in [0.4, 0.5) is 0 Å². The van der Waals surface area contributed by atoms with E-state index in [-0.39, 0.29) is 0 Å². The molecule has 0 amide bonds. The second kappa shape index (κ2) is 6.93. The number of benzene rings is 1. The SMILES string of the molecule is CCC(CCCl)NCc1cc(C)ccc1C. The van der Waals surface area contributed by atoms with E-state index in [2.05, 4.69) is 44.3 Å². The molecule has 0 spiro atoms. The lowest BCUT2D eigenvalue weighted by molar-refractivity contribution is 0.485. The van der Waals surface area contributed by atoms with Crippen LogP contribution in [0.25, 0.3) is 0 Å². The predicted molar refractivity (Wildman–Crippen MR) is 72.2 cm³/mol. The van der Waals surface area contributed by atoms with Crippen molar-refractivity contribution in [2.75, 3.05) is 5.88 Å². The fourth-order valence-electron chi connectivity index (χ4n) is 1.83. The normalized spacial score (nSPS) is 12.8. The molecule has 0 bridgehead atoms. The van der Waals surface area contributed by atoms with Gasteiger partial charge in [-0.05, 0) is 37.8 Å². The van der Waals surface area contributed by atoms with Gasteiger partial charge in [0.15, 0.2) is 0 Å². The van der Waals surface area contributed by atoms with Crippen LogP contribution in [0.5, 0.6) is 0 Å². The van der Waals surface area contributed by atoms with E-state index in [1.807, 2.05) is 0 Å². The molecule has 0 radical (unpaired) electrons. The summed E-state index contributed by atoms with van der Waals surface area (Å²) < 4.78 is 0. The Bertz CT molecular complexity index is 323. The van der Waals surface area contributed by atoms with Gasteiger partial charge in [-0.2, -0.15) is 0 Å². The molecule has 0 heterocycles. The maximum Gasteiger partial charge on any atom is 0.0238 e. The molecular weight excluding hydrogens is 218 g/mol. The van der Waals surface area contributed by atoms with Gasteiger partial charge in [0.05, 0.1) is 0 Å². The van der Waals surface area contributed by atoms with E-state index in [1.54, 1.807) is 0 Å². The van der Waals surface area contributed by atoms with E-state index in [4.69, 9.17) is 11.6 Å². The van der Waals surface area contributed by atoms with E-state index in [0.29, 0.717) is 6.04 Å². The van der Waals surface area contributed by atoms with Crippen molar-refractivity contribution in [1.82, 2.24) is 5.32 Å². The Balaban J connectivity index is 2.55. The van der Waals surface area contributed by atoms with Crippen molar-refractivity contribution in [3.63, 3.8) is 0 Å². The number of rotatable bonds is 6. The first-order valence-electron chi connectivity index (χ1n) is 6.02. The molecule has 0 saturated heterocycles. The third kappa shape index (κ3) is 4.15. The highest BCUT2D eigenvalue weighted by Crippen LogP contribution is 2.11. The third-order valence-electron chi connectivity index (χ3n) is 3.04. The van der Waals surface area contributed by atoms with Gasteiger partial charge in [-0.1, -0.05) is 30.7 Å². The summed E-state index contributed by atoms with van der Waals surface area (Å²) in [5, 5.41) is 3.57. The van der Waals surface area contributed by atoms with Crippen LogP contribution in [0, 0.1) is 13.8 Å². The van der Waals surface area contributed by atoms with E-state index in [9.17, 15) is 0 Å². The van der Waals surface area contributed by atoms with Crippen molar-refractivity contribution < 1.29 is 0 Å². The quantitative estimate of drug-likeness (QED) is 0.745. The molecule has 0 fully saturated rings. The van der Waals surface area contributed by atoms with Crippen LogP contribution in [-0.4, -0.2) is 11.9 Å². The first-order valence-corrected chi connectivity index (χ1v) is 6.56. The molecule has 90 valence electrons. The number of hydrogen-bond donors (Lipinski definition) is 1. The summed E-state index contributed by atoms with van der Waals surface area (Å²) in [5.41, 5.74) is 4.08. The fraction of sp³-hybridized carbons (Fsp3) is 0.571. The molecule has 1 atom stereocenters. The van der Waals surface area contributed by atoms with Gasteiger partial charge in [-0.15, -0.1) is 11.6 Å². The molecule has 1 N–H and O–H groups in total. The average molecular weight is 240 g/mol. The molecule has 16 heavy (non-hydrogen) atoms. The Morgan fingerprint density at radius 2 is 2.06 bits per heavy atom. The summed E-state index contributed by atoms with van der Waals surface area (Å²) in [6.45, 7) is 7.45. The Hall–Kier alpha value is -0.530. The van der Waals surface area contributed by atoms with Crippen molar-refractivity contribution in [3.8, 4) is 0 Å². The summed E-state index contributed by atoms with van der Waals surface area (Å²) in [5.74, 6) is 0.734. The van der Waals surface area contributed by atoms with Crippen molar-refractivity contribution >= 4 is 11.6 Å². The zero-order chi connectivity index (χ0) is 12.0. The van der Waals surface area contributed by atoms with Gasteiger partial charge < -0.3 is 5.32 Å². The first-order chi connectivity index (χ1) is 7.67. The highest BCUT2D eigenvalue weighted by atomic mass is 35.5. The molecule has 1 nitrogen and oxygen atoms in total. The number of alkyl halides is 1. The highest BCUT2D eigenvalue weighted by Gasteiger charge is 2.05. The average Bonchev–Trinajstić information content (AvgIpc) is 2.28. The van der Waals surface area contributed by atoms with Crippen molar-refractivity contribution in [2.24, 2.45) is 0 Å². The van der Waals surface area contributed by atoms with Gasteiger partial charge >= 0.3 is 0 Å². The zero-order valence-corrected chi connectivity index (χ0v) is 11.3. The van der Waals surface area contributed by atoms with E-state index in [1.165, 1.54) is 16.7 Å². The molecule has 0 aliphatic rings. The van der Waals surface area contributed by atoms with Gasteiger partial charge in [0.2, 0.25) is 0 Å². The Labute approximate surface area is 104 Å². The first kappa shape index (κ1) is 13.5. The molecule has 0 saturated carbocycles. The van der Waals surface area contributed by atoms with Crippen LogP contribution in [0.3, 0.4) is 0 Å². The molecule has 1 aromatic carbocycles. The molecule has 2 heteroatoms. The molecular formula is C14H22ClN. The summed E-state index contributed by atoms with van der Waals surface area (Å²) in [4.78, 5) is 0. The number of hydrogen-bond acceptors (Lipinski definition) is 1. The number of nitrogens with one attached hydrogen (secondary N) is 1. The second-order valence-corrected chi connectivity index (χ2v) is 4.77. The summed E-state index contributed by atoms with van der Waals surface area (Å²) >= 11 is 5.77. The van der Waals surface area contributed by atoms with Gasteiger partial charge in [0.1, 0.15) is 0 Å². The van der Waals surface area contributed by atoms with Gasteiger partial charge in [0, 0.05) is 18.5 Å². The molecule has 0 aliphatic carbocycles. The van der Waals surface area contributed by atoms with Crippen LogP contribution in [0.15, 0.2) is 18.2 Å². The number of halogens is 1. The maximum atomic E-state index is 5.77. The standard InChI is InChI=1S/C14H22ClN/c1-4-14(7-8-15)16-10-13-9-11(2)5-6-12(13)3/h5-6,9,14,16H,4,7-8,10H2,1-3H3. The Morgan fingerprint density at radius 3 is 2.69 bits per heavy atom. The second-order valence-electron chi connectivity index (χ2n) is 4.39. The van der Waals surface area contributed by atoms with Crippen LogP contribution >= 0.6 is 11.6 Å². The maximum absolute atomic E-state index is 5.77. The molecule has 1 aromatic rings. The van der Waals surface area contributed by atoms with E-state index < -0.39 is 0 Å². The molecule has 0 aliphatic heterocycles. The molecule has 1 rings (SSSR count). The minimum absolute atomic E-state index is 0.539. The zero-order valence-electron chi connectivity index (χ0n) is 10.5. The topological polar surface area (TPSA) is 12.0 Å². The van der Waals surface area contributed by atoms with Crippen molar-refractivity contribution in [2.45, 2.75) is 46.2 Å². The molecule has 1 unspecified atom stereocenters. The highest BCUT2D eigenvalue weighted by molar-refractivity contribution is 6.17. The van der Waals surface area contributed by atoms with Crippen LogP contribution in [-0.2, 0) is 6.54 Å². The lowest BCUT2D eigenvalue weighted by atomic mass is 10.0. The third-order valence-corrected chi connectivity index (χ3v) is 3.25. The monoisotopic (exact) mass is 239 g/mol. The van der Waals surface area contributed by atoms with E-state index >= 15 is 0 Å². The molecule has 0 aromatic heterocycles. The van der Waals surface area contributed by atoms with Gasteiger partial charge in [-0.3, -0.25) is 0 Å².